The predicted molar refractivity (Wildman–Crippen MR) is 73.0 cm³/mol. The summed E-state index contributed by atoms with van der Waals surface area (Å²) in [5.41, 5.74) is 1.43. The second-order valence-corrected chi connectivity index (χ2v) is 7.03. The zero-order chi connectivity index (χ0) is 10.6. The van der Waals surface area contributed by atoms with Gasteiger partial charge in [0.05, 0.1) is 4.08 Å². The molecule has 1 heterocycles. The Hall–Kier alpha value is 0.210. The van der Waals surface area contributed by atoms with Gasteiger partial charge in [0.25, 0.3) is 0 Å². The van der Waals surface area contributed by atoms with Crippen LogP contribution in [0.3, 0.4) is 0 Å². The summed E-state index contributed by atoms with van der Waals surface area (Å²) in [6.45, 7) is 0. The Morgan fingerprint density at radius 1 is 1.13 bits per heavy atom. The molecule has 1 saturated heterocycles. The summed E-state index contributed by atoms with van der Waals surface area (Å²) in [7, 11) is 0. The van der Waals surface area contributed by atoms with Gasteiger partial charge in [-0.05, 0) is 29.9 Å². The van der Waals surface area contributed by atoms with Gasteiger partial charge < -0.3 is 0 Å². The van der Waals surface area contributed by atoms with Gasteiger partial charge in [0.2, 0.25) is 0 Å². The van der Waals surface area contributed by atoms with Gasteiger partial charge in [-0.25, -0.2) is 0 Å². The van der Waals surface area contributed by atoms with Crippen molar-refractivity contribution < 1.29 is 0 Å². The van der Waals surface area contributed by atoms with Crippen LogP contribution in [0.4, 0.5) is 0 Å². The Bertz CT molecular complexity index is 288. The van der Waals surface area contributed by atoms with E-state index in [-0.39, 0.29) is 4.08 Å². The number of thioether (sulfide) groups is 2. The van der Waals surface area contributed by atoms with Gasteiger partial charge >= 0.3 is 0 Å². The van der Waals surface area contributed by atoms with Crippen LogP contribution in [0.1, 0.15) is 18.4 Å². The first-order valence-electron chi connectivity index (χ1n) is 5.27. The fourth-order valence-electron chi connectivity index (χ4n) is 1.85. The number of rotatable bonds is 3. The van der Waals surface area contributed by atoms with Crippen molar-refractivity contribution in [3.05, 3.63) is 35.9 Å². The van der Waals surface area contributed by atoms with Crippen LogP contribution in [0.2, 0.25) is 0 Å². The maximum absolute atomic E-state index is 5.95. The molecule has 0 spiro atoms. The summed E-state index contributed by atoms with van der Waals surface area (Å²) in [5.74, 6) is 3.27. The number of alkyl halides is 1. The zero-order valence-electron chi connectivity index (χ0n) is 8.62. The van der Waals surface area contributed by atoms with Crippen LogP contribution in [0.25, 0.3) is 0 Å². The third-order valence-corrected chi connectivity index (χ3v) is 6.29. The standard InChI is InChI=1S/C12H15ClS2/c13-8-7-12(14-9-4-10-15-12)11-5-2-1-3-6-11/h1-3,5-6H,4,7-10H2. The van der Waals surface area contributed by atoms with Crippen molar-refractivity contribution in [3.8, 4) is 0 Å². The summed E-state index contributed by atoms with van der Waals surface area (Å²) < 4.78 is 0.223. The van der Waals surface area contributed by atoms with Crippen molar-refractivity contribution in [2.24, 2.45) is 0 Å². The van der Waals surface area contributed by atoms with E-state index >= 15 is 0 Å². The van der Waals surface area contributed by atoms with Crippen molar-refractivity contribution in [1.29, 1.82) is 0 Å². The summed E-state index contributed by atoms with van der Waals surface area (Å²) in [6, 6.07) is 10.8. The molecule has 1 fully saturated rings. The second-order valence-electron chi connectivity index (χ2n) is 3.61. The molecule has 0 aromatic heterocycles. The molecule has 0 saturated carbocycles. The lowest BCUT2D eigenvalue weighted by Crippen LogP contribution is -2.23. The van der Waals surface area contributed by atoms with E-state index in [4.69, 9.17) is 11.6 Å². The van der Waals surface area contributed by atoms with Gasteiger partial charge in [-0.3, -0.25) is 0 Å². The quantitative estimate of drug-likeness (QED) is 0.740. The van der Waals surface area contributed by atoms with Crippen molar-refractivity contribution in [2.45, 2.75) is 16.9 Å². The van der Waals surface area contributed by atoms with E-state index < -0.39 is 0 Å². The molecule has 1 aromatic rings. The monoisotopic (exact) mass is 258 g/mol. The SMILES string of the molecule is ClCCC1(c2ccccc2)SCCCS1. The van der Waals surface area contributed by atoms with Crippen molar-refractivity contribution in [1.82, 2.24) is 0 Å². The van der Waals surface area contributed by atoms with E-state index in [0.29, 0.717) is 0 Å². The van der Waals surface area contributed by atoms with Crippen LogP contribution in [0.5, 0.6) is 0 Å². The van der Waals surface area contributed by atoms with Gasteiger partial charge in [0, 0.05) is 5.88 Å². The number of hydrogen-bond acceptors (Lipinski definition) is 2. The molecule has 1 aliphatic rings. The molecule has 1 aliphatic heterocycles. The zero-order valence-corrected chi connectivity index (χ0v) is 11.0. The van der Waals surface area contributed by atoms with Crippen molar-refractivity contribution in [3.63, 3.8) is 0 Å². The molecule has 0 nitrogen and oxygen atoms in total. The first kappa shape index (κ1) is 11.7. The molecule has 2 rings (SSSR count). The topological polar surface area (TPSA) is 0 Å². The van der Waals surface area contributed by atoms with Gasteiger partial charge in [0.1, 0.15) is 0 Å². The number of hydrogen-bond donors (Lipinski definition) is 0. The van der Waals surface area contributed by atoms with Crippen molar-refractivity contribution >= 4 is 35.1 Å². The van der Waals surface area contributed by atoms with Gasteiger partial charge in [-0.2, -0.15) is 0 Å². The molecule has 15 heavy (non-hydrogen) atoms. The second kappa shape index (κ2) is 5.51. The highest BCUT2D eigenvalue weighted by atomic mass is 35.5. The smallest absolute Gasteiger partial charge is 0.0871 e. The third kappa shape index (κ3) is 2.66. The highest BCUT2D eigenvalue weighted by molar-refractivity contribution is 8.18. The van der Waals surface area contributed by atoms with Crippen LogP contribution in [0, 0.1) is 0 Å². The molecule has 0 bridgehead atoms. The Labute approximate surface area is 105 Å². The van der Waals surface area contributed by atoms with Crippen LogP contribution in [-0.4, -0.2) is 17.4 Å². The highest BCUT2D eigenvalue weighted by Crippen LogP contribution is 2.52. The van der Waals surface area contributed by atoms with Gasteiger partial charge in [-0.15, -0.1) is 35.1 Å². The van der Waals surface area contributed by atoms with E-state index in [1.165, 1.54) is 23.5 Å². The Morgan fingerprint density at radius 2 is 1.80 bits per heavy atom. The number of benzene rings is 1. The number of halogens is 1. The summed E-state index contributed by atoms with van der Waals surface area (Å²) >= 11 is 10.1. The first-order valence-corrected chi connectivity index (χ1v) is 7.77. The molecule has 1 aromatic carbocycles. The van der Waals surface area contributed by atoms with E-state index in [1.54, 1.807) is 0 Å². The molecule has 0 aliphatic carbocycles. The van der Waals surface area contributed by atoms with E-state index in [9.17, 15) is 0 Å². The Balaban J connectivity index is 2.25. The lowest BCUT2D eigenvalue weighted by Gasteiger charge is -2.36. The minimum absolute atomic E-state index is 0.223. The maximum atomic E-state index is 5.95. The summed E-state index contributed by atoms with van der Waals surface area (Å²) in [5, 5.41) is 0. The molecule has 0 atom stereocenters. The normalized spacial score (nSPS) is 20.1. The molecular formula is C12H15ClS2. The highest BCUT2D eigenvalue weighted by Gasteiger charge is 2.34. The molecule has 82 valence electrons. The minimum Gasteiger partial charge on any atom is -0.139 e. The van der Waals surface area contributed by atoms with Crippen LogP contribution in [-0.2, 0) is 4.08 Å². The van der Waals surface area contributed by atoms with Gasteiger partial charge in [-0.1, -0.05) is 30.3 Å². The van der Waals surface area contributed by atoms with E-state index in [1.807, 2.05) is 0 Å². The first-order chi connectivity index (χ1) is 7.37. The van der Waals surface area contributed by atoms with E-state index in [2.05, 4.69) is 53.9 Å². The Morgan fingerprint density at radius 3 is 2.40 bits per heavy atom. The molecule has 0 N–H and O–H groups in total. The van der Waals surface area contributed by atoms with Crippen LogP contribution < -0.4 is 0 Å². The van der Waals surface area contributed by atoms with Crippen molar-refractivity contribution in [2.75, 3.05) is 17.4 Å². The molecule has 3 heteroatoms. The average Bonchev–Trinajstić information content (AvgIpc) is 2.32. The molecule has 0 amide bonds. The molecule has 0 unspecified atom stereocenters. The summed E-state index contributed by atoms with van der Waals surface area (Å²) in [4.78, 5) is 0. The minimum atomic E-state index is 0.223. The van der Waals surface area contributed by atoms with Gasteiger partial charge in [0.15, 0.2) is 0 Å². The largest absolute Gasteiger partial charge is 0.139 e. The van der Waals surface area contributed by atoms with Crippen LogP contribution in [0.15, 0.2) is 30.3 Å². The fourth-order valence-corrected chi connectivity index (χ4v) is 5.71. The summed E-state index contributed by atoms with van der Waals surface area (Å²) in [6.07, 6.45) is 2.39. The fraction of sp³-hybridized carbons (Fsp3) is 0.500. The van der Waals surface area contributed by atoms with E-state index in [0.717, 1.165) is 12.3 Å². The van der Waals surface area contributed by atoms with Crippen LogP contribution >= 0.6 is 35.1 Å². The average molecular weight is 259 g/mol. The third-order valence-electron chi connectivity index (χ3n) is 2.60. The maximum Gasteiger partial charge on any atom is 0.0871 e. The Kier molecular flexibility index (Phi) is 4.30. The molecule has 0 radical (unpaired) electrons. The predicted octanol–water partition coefficient (Wildman–Crippen LogP) is 4.34. The lowest BCUT2D eigenvalue weighted by molar-refractivity contribution is 0.822. The lowest BCUT2D eigenvalue weighted by atomic mass is 10.1. The molecular weight excluding hydrogens is 244 g/mol.